The normalized spacial score (nSPS) is 15.3. The van der Waals surface area contributed by atoms with Crippen LogP contribution in [0.2, 0.25) is 5.02 Å². The zero-order valence-corrected chi connectivity index (χ0v) is 22.1. The van der Waals surface area contributed by atoms with E-state index < -0.39 is 6.04 Å². The molecule has 0 aromatic heterocycles. The summed E-state index contributed by atoms with van der Waals surface area (Å²) in [7, 11) is 1.65. The monoisotopic (exact) mass is 537 g/mol. The highest BCUT2D eigenvalue weighted by Crippen LogP contribution is 2.24. The lowest BCUT2D eigenvalue weighted by molar-refractivity contribution is -0.127. The van der Waals surface area contributed by atoms with E-state index in [0.29, 0.717) is 42.8 Å². The number of rotatable bonds is 12. The van der Waals surface area contributed by atoms with Gasteiger partial charge in [0.1, 0.15) is 17.5 Å². The number of ether oxygens (including phenoxy) is 3. The van der Waals surface area contributed by atoms with Gasteiger partial charge >= 0.3 is 0 Å². The summed E-state index contributed by atoms with van der Waals surface area (Å²) in [5, 5.41) is 6.51. The maximum atomic E-state index is 13.0. The first-order chi connectivity index (χ1) is 18.6. The Bertz CT molecular complexity index is 1220. The largest absolute Gasteiger partial charge is 0.496 e. The van der Waals surface area contributed by atoms with E-state index in [0.717, 1.165) is 23.3 Å². The van der Waals surface area contributed by atoms with E-state index in [4.69, 9.17) is 25.8 Å². The van der Waals surface area contributed by atoms with Gasteiger partial charge in [0.15, 0.2) is 0 Å². The molecule has 2 N–H and O–H groups in total. The topological polar surface area (TPSA) is 89.1 Å². The van der Waals surface area contributed by atoms with Gasteiger partial charge in [0, 0.05) is 35.8 Å². The van der Waals surface area contributed by atoms with Crippen molar-refractivity contribution in [1.29, 1.82) is 0 Å². The molecule has 1 aliphatic rings. The van der Waals surface area contributed by atoms with E-state index in [1.54, 1.807) is 37.4 Å². The highest BCUT2D eigenvalue weighted by atomic mass is 35.5. The summed E-state index contributed by atoms with van der Waals surface area (Å²) in [4.78, 5) is 27.3. The Morgan fingerprint density at radius 2 is 1.76 bits per heavy atom. The third-order valence-electron chi connectivity index (χ3n) is 6.17. The van der Waals surface area contributed by atoms with Crippen LogP contribution in [0, 0.1) is 0 Å². The van der Waals surface area contributed by atoms with Crippen LogP contribution in [0.3, 0.4) is 0 Å². The molecule has 9 heteroatoms. The fourth-order valence-corrected chi connectivity index (χ4v) is 4.40. The van der Waals surface area contributed by atoms with Crippen LogP contribution < -0.4 is 25.0 Å². The predicted octanol–water partition coefficient (Wildman–Crippen LogP) is 3.96. The molecular weight excluding hydrogens is 506 g/mol. The number of halogens is 1. The minimum Gasteiger partial charge on any atom is -0.496 e. The van der Waals surface area contributed by atoms with Gasteiger partial charge in [-0.3, -0.25) is 14.5 Å². The molecule has 0 saturated carbocycles. The lowest BCUT2D eigenvalue weighted by atomic mass is 10.1. The molecule has 0 spiro atoms. The Balaban J connectivity index is 1.26. The van der Waals surface area contributed by atoms with Crippen molar-refractivity contribution < 1.29 is 23.8 Å². The molecule has 1 atom stereocenters. The molecule has 0 unspecified atom stereocenters. The summed E-state index contributed by atoms with van der Waals surface area (Å²) in [5.74, 6) is 1.07. The van der Waals surface area contributed by atoms with E-state index in [1.165, 1.54) is 4.90 Å². The van der Waals surface area contributed by atoms with Gasteiger partial charge in [-0.25, -0.2) is 0 Å². The third-order valence-corrected chi connectivity index (χ3v) is 6.54. The van der Waals surface area contributed by atoms with Crippen molar-refractivity contribution in [1.82, 2.24) is 10.6 Å². The third kappa shape index (κ3) is 7.25. The lowest BCUT2D eigenvalue weighted by Crippen LogP contribution is -2.60. The molecule has 8 nitrogen and oxygen atoms in total. The van der Waals surface area contributed by atoms with Crippen LogP contribution in [0.1, 0.15) is 17.5 Å². The second kappa shape index (κ2) is 13.8. The van der Waals surface area contributed by atoms with Gasteiger partial charge in [-0.1, -0.05) is 48.0 Å². The van der Waals surface area contributed by atoms with Gasteiger partial charge in [-0.2, -0.15) is 0 Å². The molecule has 2 amide bonds. The van der Waals surface area contributed by atoms with Crippen LogP contribution in [0.25, 0.3) is 0 Å². The van der Waals surface area contributed by atoms with Crippen molar-refractivity contribution in [2.75, 3.05) is 38.3 Å². The molecule has 3 aromatic carbocycles. The number of methoxy groups -OCH3 is 1. The first-order valence-electron chi connectivity index (χ1n) is 12.5. The molecule has 4 rings (SSSR count). The minimum atomic E-state index is -0.675. The van der Waals surface area contributed by atoms with E-state index in [-0.39, 0.29) is 24.9 Å². The second-order valence-electron chi connectivity index (χ2n) is 8.78. The van der Waals surface area contributed by atoms with Crippen molar-refractivity contribution in [3.63, 3.8) is 0 Å². The van der Waals surface area contributed by atoms with Gasteiger partial charge < -0.3 is 24.8 Å². The van der Waals surface area contributed by atoms with Gasteiger partial charge in [0.25, 0.3) is 0 Å². The average molecular weight is 538 g/mol. The predicted molar refractivity (Wildman–Crippen MR) is 147 cm³/mol. The molecule has 1 fully saturated rings. The number of nitrogens with zero attached hydrogens (tertiary/aromatic N) is 1. The molecule has 200 valence electrons. The number of para-hydroxylation sites is 1. The summed E-state index contributed by atoms with van der Waals surface area (Å²) in [6, 6.07) is 21.6. The number of anilines is 1. The maximum Gasteiger partial charge on any atom is 0.244 e. The molecule has 1 saturated heterocycles. The lowest BCUT2D eigenvalue weighted by Gasteiger charge is -2.35. The number of benzene rings is 3. The van der Waals surface area contributed by atoms with Gasteiger partial charge in [-0.05, 0) is 42.0 Å². The molecule has 3 aromatic rings. The zero-order valence-electron chi connectivity index (χ0n) is 21.3. The van der Waals surface area contributed by atoms with Crippen molar-refractivity contribution in [2.45, 2.75) is 25.6 Å². The van der Waals surface area contributed by atoms with Crippen LogP contribution >= 0.6 is 11.6 Å². The second-order valence-corrected chi connectivity index (χ2v) is 9.19. The Labute approximate surface area is 227 Å². The summed E-state index contributed by atoms with van der Waals surface area (Å²) in [5.41, 5.74) is 2.46. The van der Waals surface area contributed by atoms with Crippen molar-refractivity contribution in [3.05, 3.63) is 88.9 Å². The molecule has 0 aliphatic carbocycles. The Hall–Kier alpha value is -3.59. The van der Waals surface area contributed by atoms with Crippen LogP contribution in [-0.2, 0) is 27.5 Å². The van der Waals surface area contributed by atoms with Crippen molar-refractivity contribution >= 4 is 29.1 Å². The molecule has 0 radical (unpaired) electrons. The number of amides is 2. The quantitative estimate of drug-likeness (QED) is 0.340. The van der Waals surface area contributed by atoms with E-state index in [1.807, 2.05) is 42.5 Å². The molecular formula is C29H32ClN3O5. The van der Waals surface area contributed by atoms with Crippen LogP contribution in [0.15, 0.2) is 72.8 Å². The smallest absolute Gasteiger partial charge is 0.244 e. The fourth-order valence-electron chi connectivity index (χ4n) is 4.20. The Morgan fingerprint density at radius 1 is 1.03 bits per heavy atom. The first kappa shape index (κ1) is 27.4. The van der Waals surface area contributed by atoms with Crippen LogP contribution in [0.4, 0.5) is 5.69 Å². The number of carbonyl (C=O) groups excluding carboxylic acids is 2. The average Bonchev–Trinajstić information content (AvgIpc) is 2.95. The zero-order chi connectivity index (χ0) is 26.7. The van der Waals surface area contributed by atoms with E-state index in [2.05, 4.69) is 10.6 Å². The SMILES string of the molecule is COc1ccccc1COCCCOc1ccc(N2C(=O)CNC[C@@H]2C(=O)NCc2ccccc2Cl)cc1. The number of nitrogens with one attached hydrogen (secondary N) is 2. The highest BCUT2D eigenvalue weighted by molar-refractivity contribution is 6.31. The van der Waals surface area contributed by atoms with Crippen LogP contribution in [0.5, 0.6) is 11.5 Å². The highest BCUT2D eigenvalue weighted by Gasteiger charge is 2.34. The molecule has 0 bridgehead atoms. The number of piperazine rings is 1. The summed E-state index contributed by atoms with van der Waals surface area (Å²) < 4.78 is 16.9. The first-order valence-corrected chi connectivity index (χ1v) is 12.9. The number of carbonyl (C=O) groups is 2. The molecule has 1 heterocycles. The van der Waals surface area contributed by atoms with Crippen molar-refractivity contribution in [2.24, 2.45) is 0 Å². The van der Waals surface area contributed by atoms with E-state index in [9.17, 15) is 9.59 Å². The van der Waals surface area contributed by atoms with Crippen molar-refractivity contribution in [3.8, 4) is 11.5 Å². The molecule has 38 heavy (non-hydrogen) atoms. The fraction of sp³-hybridized carbons (Fsp3) is 0.310. The van der Waals surface area contributed by atoms with Gasteiger partial charge in [0.05, 0.1) is 33.5 Å². The minimum absolute atomic E-state index is 0.168. The Morgan fingerprint density at radius 3 is 2.53 bits per heavy atom. The summed E-state index contributed by atoms with van der Waals surface area (Å²) >= 11 is 6.20. The van der Waals surface area contributed by atoms with Gasteiger partial charge in [-0.15, -0.1) is 0 Å². The summed E-state index contributed by atoms with van der Waals surface area (Å²) in [6.45, 7) is 2.33. The maximum absolute atomic E-state index is 13.0. The van der Waals surface area contributed by atoms with Gasteiger partial charge in [0.2, 0.25) is 11.8 Å². The number of hydrogen-bond donors (Lipinski definition) is 2. The summed E-state index contributed by atoms with van der Waals surface area (Å²) in [6.07, 6.45) is 0.723. The Kier molecular flexibility index (Phi) is 9.97. The molecule has 1 aliphatic heterocycles. The number of hydrogen-bond acceptors (Lipinski definition) is 6. The standard InChI is InChI=1S/C29H32ClN3O5/c1-36-27-10-5-3-8-22(27)20-37-15-6-16-38-24-13-11-23(12-14-24)33-26(18-31-19-28(33)34)29(35)32-17-21-7-2-4-9-25(21)30/h2-5,7-14,26,31H,6,15-20H2,1H3,(H,32,35)/t26-/m1/s1. The van der Waals surface area contributed by atoms with E-state index >= 15 is 0 Å². The van der Waals surface area contributed by atoms with Crippen LogP contribution in [-0.4, -0.2) is 51.3 Å².